The number of pyridine rings is 1. The van der Waals surface area contributed by atoms with Crippen LogP contribution in [-0.4, -0.2) is 53.5 Å². The van der Waals surface area contributed by atoms with Gasteiger partial charge in [-0.25, -0.2) is 4.98 Å². The fourth-order valence-electron chi connectivity index (χ4n) is 3.85. The van der Waals surface area contributed by atoms with Crippen LogP contribution in [0.25, 0.3) is 11.0 Å². The Morgan fingerprint density at radius 2 is 1.86 bits per heavy atom. The number of hydrogen-bond acceptors (Lipinski definition) is 8. The summed E-state index contributed by atoms with van der Waals surface area (Å²) in [6.45, 7) is 5.54. The van der Waals surface area contributed by atoms with E-state index in [1.165, 1.54) is 0 Å². The molecule has 0 bridgehead atoms. The van der Waals surface area contributed by atoms with E-state index >= 15 is 0 Å². The molecule has 0 aliphatic carbocycles. The van der Waals surface area contributed by atoms with Crippen molar-refractivity contribution in [2.75, 3.05) is 31.4 Å². The summed E-state index contributed by atoms with van der Waals surface area (Å²) >= 11 is 0. The van der Waals surface area contributed by atoms with Crippen molar-refractivity contribution in [1.82, 2.24) is 20.3 Å². The van der Waals surface area contributed by atoms with Crippen LogP contribution in [-0.2, 0) is 6.54 Å². The number of rotatable bonds is 13. The van der Waals surface area contributed by atoms with Crippen molar-refractivity contribution in [2.45, 2.75) is 64.3 Å². The number of anilines is 2. The number of benzene rings is 1. The summed E-state index contributed by atoms with van der Waals surface area (Å²) in [4.78, 5) is 13.7. The molecule has 0 saturated carbocycles. The minimum absolute atomic E-state index is 0.0951. The molecule has 3 aromatic rings. The van der Waals surface area contributed by atoms with E-state index in [1.54, 1.807) is 32.5 Å². The highest BCUT2D eigenvalue weighted by atomic mass is 19.4. The average molecular weight is 521 g/mol. The maximum atomic E-state index is 13.1. The van der Waals surface area contributed by atoms with Gasteiger partial charge in [-0.1, -0.05) is 19.8 Å². The van der Waals surface area contributed by atoms with E-state index in [0.717, 1.165) is 25.3 Å². The molecule has 0 radical (unpaired) electrons. The van der Waals surface area contributed by atoms with E-state index in [2.05, 4.69) is 30.9 Å². The SMILES string of the molecule is CCCCC(C)(CN[C@@H](C)C(F)(F)F)Nc1nc(NCc2ccc(OC)cc2OC)nc2cccnc12. The van der Waals surface area contributed by atoms with Gasteiger partial charge in [-0.05, 0) is 44.5 Å². The van der Waals surface area contributed by atoms with Gasteiger partial charge < -0.3 is 25.4 Å². The highest BCUT2D eigenvalue weighted by Gasteiger charge is 2.37. The highest BCUT2D eigenvalue weighted by molar-refractivity contribution is 5.86. The standard InChI is InChI=1S/C26H35F3N6O2/c1-6-7-12-25(3,16-32-17(2)26(27,28)29)35-23-22-20(9-8-13-30-22)33-24(34-23)31-15-18-10-11-19(36-4)14-21(18)37-5/h8-11,13-14,17,32H,6-7,12,15-16H2,1-5H3,(H2,31,33,34,35)/t17-,25?/m0/s1. The van der Waals surface area contributed by atoms with Crippen LogP contribution in [0.4, 0.5) is 24.9 Å². The number of halogens is 3. The first-order chi connectivity index (χ1) is 17.6. The number of methoxy groups -OCH3 is 2. The lowest BCUT2D eigenvalue weighted by atomic mass is 9.94. The monoisotopic (exact) mass is 520 g/mol. The molecule has 3 rings (SSSR count). The first-order valence-electron chi connectivity index (χ1n) is 12.2. The van der Waals surface area contributed by atoms with Crippen molar-refractivity contribution in [3.05, 3.63) is 42.1 Å². The zero-order chi connectivity index (χ0) is 27.1. The maximum Gasteiger partial charge on any atom is 0.403 e. The molecule has 202 valence electrons. The maximum absolute atomic E-state index is 13.1. The third-order valence-electron chi connectivity index (χ3n) is 6.18. The number of aromatic nitrogens is 3. The third kappa shape index (κ3) is 7.58. The van der Waals surface area contributed by atoms with Crippen molar-refractivity contribution in [3.63, 3.8) is 0 Å². The zero-order valence-corrected chi connectivity index (χ0v) is 21.9. The van der Waals surface area contributed by atoms with Gasteiger partial charge in [-0.2, -0.15) is 18.2 Å². The lowest BCUT2D eigenvalue weighted by Crippen LogP contribution is -2.50. The van der Waals surface area contributed by atoms with Crippen LogP contribution in [0.2, 0.25) is 0 Å². The van der Waals surface area contributed by atoms with E-state index in [9.17, 15) is 13.2 Å². The second kappa shape index (κ2) is 12.3. The number of hydrogen-bond donors (Lipinski definition) is 3. The molecule has 0 aliphatic heterocycles. The minimum Gasteiger partial charge on any atom is -0.497 e. The van der Waals surface area contributed by atoms with E-state index < -0.39 is 17.8 Å². The highest BCUT2D eigenvalue weighted by Crippen LogP contribution is 2.28. The van der Waals surface area contributed by atoms with Crippen LogP contribution in [0.5, 0.6) is 11.5 Å². The van der Waals surface area contributed by atoms with Gasteiger partial charge in [0, 0.05) is 36.5 Å². The topological polar surface area (TPSA) is 93.2 Å². The first-order valence-corrected chi connectivity index (χ1v) is 12.2. The minimum atomic E-state index is -4.32. The Labute approximate surface area is 215 Å². The molecule has 3 N–H and O–H groups in total. The van der Waals surface area contributed by atoms with Crippen LogP contribution in [0.3, 0.4) is 0 Å². The quantitative estimate of drug-likeness (QED) is 0.270. The largest absolute Gasteiger partial charge is 0.497 e. The Balaban J connectivity index is 1.88. The number of unbranched alkanes of at least 4 members (excludes halogenated alkanes) is 1. The van der Waals surface area contributed by atoms with Crippen LogP contribution in [0.1, 0.15) is 45.6 Å². The van der Waals surface area contributed by atoms with E-state index in [4.69, 9.17) is 9.47 Å². The zero-order valence-electron chi connectivity index (χ0n) is 21.9. The molecule has 2 atom stereocenters. The molecule has 0 aliphatic rings. The van der Waals surface area contributed by atoms with Crippen molar-refractivity contribution >= 4 is 22.8 Å². The van der Waals surface area contributed by atoms with Crippen molar-refractivity contribution in [2.24, 2.45) is 0 Å². The van der Waals surface area contributed by atoms with Crippen LogP contribution >= 0.6 is 0 Å². The average Bonchev–Trinajstić information content (AvgIpc) is 2.88. The van der Waals surface area contributed by atoms with Gasteiger partial charge in [0.15, 0.2) is 5.82 Å². The predicted octanol–water partition coefficient (Wildman–Crippen LogP) is 5.56. The molecule has 0 spiro atoms. The molecule has 0 amide bonds. The number of nitrogens with one attached hydrogen (secondary N) is 3. The van der Waals surface area contributed by atoms with Gasteiger partial charge in [0.05, 0.1) is 19.7 Å². The Morgan fingerprint density at radius 1 is 1.08 bits per heavy atom. The summed E-state index contributed by atoms with van der Waals surface area (Å²) in [7, 11) is 3.18. The van der Waals surface area contributed by atoms with Crippen molar-refractivity contribution in [1.29, 1.82) is 0 Å². The summed E-state index contributed by atoms with van der Waals surface area (Å²) in [5.41, 5.74) is 1.33. The van der Waals surface area contributed by atoms with E-state index in [0.29, 0.717) is 47.3 Å². The normalized spacial score (nSPS) is 14.2. The summed E-state index contributed by atoms with van der Waals surface area (Å²) in [6, 6.07) is 7.49. The van der Waals surface area contributed by atoms with E-state index in [1.807, 2.05) is 32.0 Å². The summed E-state index contributed by atoms with van der Waals surface area (Å²) in [5.74, 6) is 2.15. The smallest absolute Gasteiger partial charge is 0.403 e. The fourth-order valence-corrected chi connectivity index (χ4v) is 3.85. The second-order valence-electron chi connectivity index (χ2n) is 9.23. The lowest BCUT2D eigenvalue weighted by Gasteiger charge is -2.34. The number of fused-ring (bicyclic) bond motifs is 1. The molecule has 37 heavy (non-hydrogen) atoms. The molecule has 0 saturated heterocycles. The van der Waals surface area contributed by atoms with Gasteiger partial charge in [0.2, 0.25) is 5.95 Å². The molecule has 8 nitrogen and oxygen atoms in total. The van der Waals surface area contributed by atoms with Crippen molar-refractivity contribution in [3.8, 4) is 11.5 Å². The Bertz CT molecular complexity index is 1180. The Hall–Kier alpha value is -3.34. The third-order valence-corrected chi connectivity index (χ3v) is 6.18. The van der Waals surface area contributed by atoms with Crippen molar-refractivity contribution < 1.29 is 22.6 Å². The molecular formula is C26H35F3N6O2. The molecule has 1 unspecified atom stereocenters. The lowest BCUT2D eigenvalue weighted by molar-refractivity contribution is -0.151. The molecule has 2 heterocycles. The van der Waals surface area contributed by atoms with Gasteiger partial charge in [-0.15, -0.1) is 0 Å². The van der Waals surface area contributed by atoms with Gasteiger partial charge in [0.25, 0.3) is 0 Å². The molecule has 11 heteroatoms. The second-order valence-corrected chi connectivity index (χ2v) is 9.23. The summed E-state index contributed by atoms with van der Waals surface area (Å²) in [6.07, 6.45) is -0.297. The van der Waals surface area contributed by atoms with Crippen LogP contribution in [0, 0.1) is 0 Å². The Kier molecular flexibility index (Phi) is 9.36. The van der Waals surface area contributed by atoms with Gasteiger partial charge in [-0.3, -0.25) is 4.98 Å². The molecule has 1 aromatic carbocycles. The number of ether oxygens (including phenoxy) is 2. The molecular weight excluding hydrogens is 485 g/mol. The fraction of sp³-hybridized carbons (Fsp3) is 0.500. The van der Waals surface area contributed by atoms with Crippen LogP contribution < -0.4 is 25.4 Å². The van der Waals surface area contributed by atoms with E-state index in [-0.39, 0.29) is 6.54 Å². The number of alkyl halides is 3. The van der Waals surface area contributed by atoms with Gasteiger partial charge in [0.1, 0.15) is 23.1 Å². The molecule has 0 fully saturated rings. The Morgan fingerprint density at radius 3 is 2.54 bits per heavy atom. The predicted molar refractivity (Wildman–Crippen MR) is 139 cm³/mol. The molecule has 2 aromatic heterocycles. The summed E-state index contributed by atoms with van der Waals surface area (Å²) < 4.78 is 50.2. The van der Waals surface area contributed by atoms with Crippen LogP contribution in [0.15, 0.2) is 36.5 Å². The summed E-state index contributed by atoms with van der Waals surface area (Å²) in [5, 5.41) is 9.25. The number of nitrogens with zero attached hydrogens (tertiary/aromatic N) is 3. The van der Waals surface area contributed by atoms with Gasteiger partial charge >= 0.3 is 6.18 Å². The first kappa shape index (κ1) is 28.2.